The number of fused-ring (bicyclic) bond motifs is 1. The highest BCUT2D eigenvalue weighted by Gasteiger charge is 2.32. The van der Waals surface area contributed by atoms with Gasteiger partial charge in [0.25, 0.3) is 0 Å². The highest BCUT2D eigenvalue weighted by molar-refractivity contribution is 5.37. The van der Waals surface area contributed by atoms with E-state index in [0.717, 1.165) is 0 Å². The molecule has 0 amide bonds. The summed E-state index contributed by atoms with van der Waals surface area (Å²) >= 11 is 0. The van der Waals surface area contributed by atoms with Gasteiger partial charge in [-0.15, -0.1) is 0 Å². The molecule has 3 heteroatoms. The third-order valence-corrected chi connectivity index (χ3v) is 2.35. The van der Waals surface area contributed by atoms with Crippen molar-refractivity contribution >= 4 is 0 Å². The summed E-state index contributed by atoms with van der Waals surface area (Å²) in [5, 5.41) is 19.2. The summed E-state index contributed by atoms with van der Waals surface area (Å²) in [6, 6.07) is 7.21. The monoisotopic (exact) mass is 180 g/mol. The molecule has 0 saturated carbocycles. The van der Waals surface area contributed by atoms with Gasteiger partial charge in [-0.2, -0.15) is 0 Å². The van der Waals surface area contributed by atoms with Gasteiger partial charge in [0.2, 0.25) is 0 Å². The summed E-state index contributed by atoms with van der Waals surface area (Å²) in [5.74, 6) is 0.660. The Morgan fingerprint density at radius 1 is 1.23 bits per heavy atom. The molecule has 0 aliphatic carbocycles. The summed E-state index contributed by atoms with van der Waals surface area (Å²) in [4.78, 5) is 0. The van der Waals surface area contributed by atoms with E-state index in [1.807, 2.05) is 12.1 Å². The molecular formula is C10H12O3. The molecule has 1 aromatic carbocycles. The van der Waals surface area contributed by atoms with Crippen LogP contribution in [0.5, 0.6) is 5.75 Å². The number of para-hydroxylation sites is 1. The van der Waals surface area contributed by atoms with E-state index in [-0.39, 0.29) is 6.10 Å². The molecule has 0 radical (unpaired) electrons. The van der Waals surface area contributed by atoms with Gasteiger partial charge in [0.15, 0.2) is 0 Å². The molecule has 13 heavy (non-hydrogen) atoms. The highest BCUT2D eigenvalue weighted by Crippen LogP contribution is 2.34. The standard InChI is InChI=1S/C10H12O3/c1-6-9(11)10(12)7-4-2-3-5-8(7)13-6/h2-6,9-12H,1H3/t6-,9+,10-/m0/s1. The van der Waals surface area contributed by atoms with Crippen LogP contribution >= 0.6 is 0 Å². The lowest BCUT2D eigenvalue weighted by Crippen LogP contribution is -2.38. The number of aliphatic hydroxyl groups excluding tert-OH is 2. The summed E-state index contributed by atoms with van der Waals surface area (Å²) in [6.45, 7) is 1.74. The Balaban J connectivity index is 2.43. The van der Waals surface area contributed by atoms with Crippen molar-refractivity contribution in [3.63, 3.8) is 0 Å². The second-order valence-corrected chi connectivity index (χ2v) is 3.30. The Bertz CT molecular complexity index is 311. The summed E-state index contributed by atoms with van der Waals surface area (Å²) in [6.07, 6.45) is -2.03. The Labute approximate surface area is 76.6 Å². The van der Waals surface area contributed by atoms with Crippen molar-refractivity contribution < 1.29 is 14.9 Å². The average molecular weight is 180 g/mol. The first-order valence-corrected chi connectivity index (χ1v) is 4.32. The van der Waals surface area contributed by atoms with Crippen molar-refractivity contribution in [1.29, 1.82) is 0 Å². The molecule has 1 aliphatic rings. The van der Waals surface area contributed by atoms with E-state index in [1.54, 1.807) is 19.1 Å². The lowest BCUT2D eigenvalue weighted by atomic mass is 9.97. The molecule has 3 nitrogen and oxygen atoms in total. The van der Waals surface area contributed by atoms with E-state index in [9.17, 15) is 10.2 Å². The molecule has 70 valence electrons. The molecule has 0 spiro atoms. The smallest absolute Gasteiger partial charge is 0.125 e. The number of hydrogen-bond donors (Lipinski definition) is 2. The average Bonchev–Trinajstić information content (AvgIpc) is 2.15. The Morgan fingerprint density at radius 2 is 1.92 bits per heavy atom. The summed E-state index contributed by atoms with van der Waals surface area (Å²) < 4.78 is 5.40. The third-order valence-electron chi connectivity index (χ3n) is 2.35. The summed E-state index contributed by atoms with van der Waals surface area (Å²) in [5.41, 5.74) is 0.660. The van der Waals surface area contributed by atoms with Gasteiger partial charge < -0.3 is 14.9 Å². The number of hydrogen-bond acceptors (Lipinski definition) is 3. The zero-order chi connectivity index (χ0) is 9.42. The van der Waals surface area contributed by atoms with Crippen LogP contribution in [-0.2, 0) is 0 Å². The van der Waals surface area contributed by atoms with Crippen molar-refractivity contribution in [1.82, 2.24) is 0 Å². The van der Waals surface area contributed by atoms with E-state index in [0.29, 0.717) is 11.3 Å². The van der Waals surface area contributed by atoms with Gasteiger partial charge in [-0.3, -0.25) is 0 Å². The topological polar surface area (TPSA) is 49.7 Å². The van der Waals surface area contributed by atoms with Crippen LogP contribution in [0.1, 0.15) is 18.6 Å². The second kappa shape index (κ2) is 3.01. The molecule has 0 saturated heterocycles. The van der Waals surface area contributed by atoms with Crippen molar-refractivity contribution in [2.45, 2.75) is 25.2 Å². The van der Waals surface area contributed by atoms with E-state index in [1.165, 1.54) is 0 Å². The molecule has 1 heterocycles. The number of ether oxygens (including phenoxy) is 1. The first-order valence-electron chi connectivity index (χ1n) is 4.32. The van der Waals surface area contributed by atoms with Crippen molar-refractivity contribution in [3.8, 4) is 5.75 Å². The van der Waals surface area contributed by atoms with Crippen LogP contribution in [0, 0.1) is 0 Å². The van der Waals surface area contributed by atoms with Gasteiger partial charge in [-0.1, -0.05) is 18.2 Å². The fourth-order valence-electron chi connectivity index (χ4n) is 1.54. The van der Waals surface area contributed by atoms with Crippen LogP contribution in [-0.4, -0.2) is 22.4 Å². The molecule has 1 aromatic rings. The quantitative estimate of drug-likeness (QED) is 0.622. The molecule has 2 N–H and O–H groups in total. The minimum absolute atomic E-state index is 0.357. The van der Waals surface area contributed by atoms with Gasteiger partial charge in [-0.25, -0.2) is 0 Å². The number of rotatable bonds is 0. The lowest BCUT2D eigenvalue weighted by molar-refractivity contribution is -0.0614. The SMILES string of the molecule is C[C@@H]1Oc2ccccc2[C@H](O)[C@@H]1O. The number of aliphatic hydroxyl groups is 2. The zero-order valence-electron chi connectivity index (χ0n) is 7.34. The van der Waals surface area contributed by atoms with Crippen molar-refractivity contribution in [2.24, 2.45) is 0 Å². The Hall–Kier alpha value is -1.06. The molecule has 0 bridgehead atoms. The van der Waals surface area contributed by atoms with Crippen LogP contribution in [0.4, 0.5) is 0 Å². The molecule has 0 unspecified atom stereocenters. The van der Waals surface area contributed by atoms with Crippen LogP contribution in [0.2, 0.25) is 0 Å². The van der Waals surface area contributed by atoms with E-state index >= 15 is 0 Å². The van der Waals surface area contributed by atoms with Gasteiger partial charge in [0, 0.05) is 5.56 Å². The van der Waals surface area contributed by atoms with Crippen LogP contribution < -0.4 is 4.74 Å². The minimum atomic E-state index is -0.838. The molecule has 1 aliphatic heterocycles. The summed E-state index contributed by atoms with van der Waals surface area (Å²) in [7, 11) is 0. The van der Waals surface area contributed by atoms with E-state index in [4.69, 9.17) is 4.74 Å². The lowest BCUT2D eigenvalue weighted by Gasteiger charge is -2.31. The van der Waals surface area contributed by atoms with E-state index in [2.05, 4.69) is 0 Å². The molecule has 0 aromatic heterocycles. The van der Waals surface area contributed by atoms with Gasteiger partial charge >= 0.3 is 0 Å². The first kappa shape index (κ1) is 8.53. The molecule has 3 atom stereocenters. The van der Waals surface area contributed by atoms with Crippen LogP contribution in [0.3, 0.4) is 0 Å². The fourth-order valence-corrected chi connectivity index (χ4v) is 1.54. The van der Waals surface area contributed by atoms with Crippen molar-refractivity contribution in [3.05, 3.63) is 29.8 Å². The van der Waals surface area contributed by atoms with Gasteiger partial charge in [0.1, 0.15) is 24.1 Å². The number of benzene rings is 1. The second-order valence-electron chi connectivity index (χ2n) is 3.30. The van der Waals surface area contributed by atoms with Gasteiger partial charge in [-0.05, 0) is 13.0 Å². The largest absolute Gasteiger partial charge is 0.488 e. The Morgan fingerprint density at radius 3 is 2.69 bits per heavy atom. The highest BCUT2D eigenvalue weighted by atomic mass is 16.5. The third kappa shape index (κ3) is 1.30. The minimum Gasteiger partial charge on any atom is -0.488 e. The maximum absolute atomic E-state index is 9.67. The van der Waals surface area contributed by atoms with Gasteiger partial charge in [0.05, 0.1) is 0 Å². The maximum Gasteiger partial charge on any atom is 0.125 e. The maximum atomic E-state index is 9.67. The Kier molecular flexibility index (Phi) is 1.98. The van der Waals surface area contributed by atoms with Crippen LogP contribution in [0.15, 0.2) is 24.3 Å². The molecule has 0 fully saturated rings. The van der Waals surface area contributed by atoms with E-state index < -0.39 is 12.2 Å². The zero-order valence-corrected chi connectivity index (χ0v) is 7.34. The van der Waals surface area contributed by atoms with Crippen molar-refractivity contribution in [2.75, 3.05) is 0 Å². The predicted molar refractivity (Wildman–Crippen MR) is 47.5 cm³/mol. The molecule has 2 rings (SSSR count). The molecular weight excluding hydrogens is 168 g/mol. The fraction of sp³-hybridized carbons (Fsp3) is 0.400. The first-order chi connectivity index (χ1) is 6.20. The normalized spacial score (nSPS) is 32.1. The predicted octanol–water partition coefficient (Wildman–Crippen LogP) is 0.862. The van der Waals surface area contributed by atoms with Crippen LogP contribution in [0.25, 0.3) is 0 Å².